The van der Waals surface area contributed by atoms with E-state index in [9.17, 15) is 19.8 Å². The molecule has 0 aromatic rings. The maximum Gasteiger partial charge on any atom is 0.319 e. The molecule has 0 aliphatic heterocycles. The van der Waals surface area contributed by atoms with Crippen LogP contribution in [-0.4, -0.2) is 34.2 Å². The first-order chi connectivity index (χ1) is 7.96. The number of rotatable bonds is 4. The van der Waals surface area contributed by atoms with E-state index in [2.05, 4.69) is 5.32 Å². The number of carboxylic acid groups (broad SMARTS) is 1. The Labute approximate surface area is 100 Å². The second-order valence-corrected chi connectivity index (χ2v) is 5.36. The van der Waals surface area contributed by atoms with Crippen LogP contribution < -0.4 is 5.32 Å². The number of carboxylic acids is 1. The molecule has 3 unspecified atom stereocenters. The molecule has 17 heavy (non-hydrogen) atoms. The fourth-order valence-corrected chi connectivity index (χ4v) is 2.60. The lowest BCUT2D eigenvalue weighted by molar-refractivity contribution is -0.161. The molecule has 1 amide bonds. The zero-order valence-corrected chi connectivity index (χ0v) is 9.98. The van der Waals surface area contributed by atoms with Crippen molar-refractivity contribution in [1.82, 2.24) is 5.32 Å². The minimum atomic E-state index is -1.50. The van der Waals surface area contributed by atoms with E-state index in [1.54, 1.807) is 0 Å². The van der Waals surface area contributed by atoms with Gasteiger partial charge in [-0.1, -0.05) is 6.42 Å². The van der Waals surface area contributed by atoms with E-state index in [1.807, 2.05) is 0 Å². The van der Waals surface area contributed by atoms with Gasteiger partial charge >= 0.3 is 5.97 Å². The van der Waals surface area contributed by atoms with Crippen LogP contribution in [0.2, 0.25) is 0 Å². The van der Waals surface area contributed by atoms with Crippen molar-refractivity contribution in [3.05, 3.63) is 0 Å². The third kappa shape index (κ3) is 2.16. The van der Waals surface area contributed by atoms with Crippen LogP contribution in [0.15, 0.2) is 0 Å². The summed E-state index contributed by atoms with van der Waals surface area (Å²) < 4.78 is 0. The molecule has 0 heterocycles. The highest BCUT2D eigenvalue weighted by molar-refractivity contribution is 6.02. The standard InChI is InChI=1S/C12H19NO4/c1-12(11(16)17,8-3-2-4-9(8)14)10(15)13-7-5-6-7/h7-9,14H,2-6H2,1H3,(H,13,15)(H,16,17). The first-order valence-electron chi connectivity index (χ1n) is 6.18. The molecule has 0 saturated heterocycles. The molecule has 96 valence electrons. The molecule has 2 aliphatic carbocycles. The smallest absolute Gasteiger partial charge is 0.319 e. The maximum atomic E-state index is 12.1. The first kappa shape index (κ1) is 12.4. The lowest BCUT2D eigenvalue weighted by Crippen LogP contribution is -2.51. The lowest BCUT2D eigenvalue weighted by atomic mass is 9.74. The van der Waals surface area contributed by atoms with Crippen molar-refractivity contribution in [1.29, 1.82) is 0 Å². The summed E-state index contributed by atoms with van der Waals surface area (Å²) in [4.78, 5) is 23.5. The van der Waals surface area contributed by atoms with Gasteiger partial charge in [0, 0.05) is 12.0 Å². The Balaban J connectivity index is 2.17. The van der Waals surface area contributed by atoms with E-state index in [0.717, 1.165) is 19.3 Å². The highest BCUT2D eigenvalue weighted by Gasteiger charge is 2.53. The van der Waals surface area contributed by atoms with E-state index < -0.39 is 29.3 Å². The minimum Gasteiger partial charge on any atom is -0.480 e. The zero-order chi connectivity index (χ0) is 12.6. The van der Waals surface area contributed by atoms with Crippen LogP contribution in [0.3, 0.4) is 0 Å². The predicted octanol–water partition coefficient (Wildman–Crippen LogP) is 0.517. The van der Waals surface area contributed by atoms with Gasteiger partial charge in [0.2, 0.25) is 5.91 Å². The van der Waals surface area contributed by atoms with Crippen molar-refractivity contribution in [3.63, 3.8) is 0 Å². The van der Waals surface area contributed by atoms with Gasteiger partial charge in [-0.05, 0) is 32.6 Å². The summed E-state index contributed by atoms with van der Waals surface area (Å²) in [6.07, 6.45) is 3.14. The van der Waals surface area contributed by atoms with E-state index in [-0.39, 0.29) is 6.04 Å². The minimum absolute atomic E-state index is 0.139. The number of carbonyl (C=O) groups is 2. The molecule has 0 spiro atoms. The van der Waals surface area contributed by atoms with Crippen molar-refractivity contribution in [2.45, 2.75) is 51.2 Å². The molecular formula is C12H19NO4. The molecule has 2 aliphatic rings. The fraction of sp³-hybridized carbons (Fsp3) is 0.833. The average molecular weight is 241 g/mol. The highest BCUT2D eigenvalue weighted by Crippen LogP contribution is 2.41. The van der Waals surface area contributed by atoms with Crippen molar-refractivity contribution in [2.24, 2.45) is 11.3 Å². The van der Waals surface area contributed by atoms with Crippen LogP contribution in [-0.2, 0) is 9.59 Å². The van der Waals surface area contributed by atoms with Crippen LogP contribution in [0.25, 0.3) is 0 Å². The van der Waals surface area contributed by atoms with E-state index in [0.29, 0.717) is 12.8 Å². The van der Waals surface area contributed by atoms with Gasteiger partial charge in [-0.2, -0.15) is 0 Å². The van der Waals surface area contributed by atoms with Gasteiger partial charge in [0.25, 0.3) is 0 Å². The summed E-state index contributed by atoms with van der Waals surface area (Å²) in [5.74, 6) is -2.06. The van der Waals surface area contributed by atoms with Gasteiger partial charge in [0.05, 0.1) is 6.10 Å². The van der Waals surface area contributed by atoms with Gasteiger partial charge in [-0.15, -0.1) is 0 Å². The highest BCUT2D eigenvalue weighted by atomic mass is 16.4. The summed E-state index contributed by atoms with van der Waals surface area (Å²) >= 11 is 0. The quantitative estimate of drug-likeness (QED) is 0.626. The van der Waals surface area contributed by atoms with Crippen LogP contribution in [0.5, 0.6) is 0 Å². The van der Waals surface area contributed by atoms with Gasteiger partial charge in [-0.3, -0.25) is 9.59 Å². The van der Waals surface area contributed by atoms with Gasteiger partial charge in [-0.25, -0.2) is 0 Å². The number of nitrogens with one attached hydrogen (secondary N) is 1. The molecule has 2 saturated carbocycles. The fourth-order valence-electron chi connectivity index (χ4n) is 2.60. The summed E-state index contributed by atoms with van der Waals surface area (Å²) in [7, 11) is 0. The van der Waals surface area contributed by atoms with Crippen LogP contribution in [0.4, 0.5) is 0 Å². The SMILES string of the molecule is CC(C(=O)O)(C(=O)NC1CC1)C1CCCC1O. The molecule has 0 radical (unpaired) electrons. The Hall–Kier alpha value is -1.10. The molecule has 5 heteroatoms. The number of aliphatic hydroxyl groups is 1. The van der Waals surface area contributed by atoms with E-state index in [1.165, 1.54) is 6.92 Å². The van der Waals surface area contributed by atoms with Crippen molar-refractivity contribution >= 4 is 11.9 Å². The predicted molar refractivity (Wildman–Crippen MR) is 60.3 cm³/mol. The molecule has 2 fully saturated rings. The number of hydrogen-bond donors (Lipinski definition) is 3. The molecule has 0 aromatic heterocycles. The normalized spacial score (nSPS) is 31.9. The Morgan fingerprint density at radius 1 is 1.24 bits per heavy atom. The number of aliphatic carboxylic acids is 1. The summed E-state index contributed by atoms with van der Waals surface area (Å²) in [5.41, 5.74) is -1.50. The Bertz CT molecular complexity index is 339. The van der Waals surface area contributed by atoms with Crippen molar-refractivity contribution in [3.8, 4) is 0 Å². The third-order valence-electron chi connectivity index (χ3n) is 4.05. The maximum absolute atomic E-state index is 12.1. The molecule has 2 rings (SSSR count). The van der Waals surface area contributed by atoms with Crippen LogP contribution in [0.1, 0.15) is 39.0 Å². The summed E-state index contributed by atoms with van der Waals surface area (Å²) in [5, 5.41) is 21.9. The second-order valence-electron chi connectivity index (χ2n) is 5.36. The molecular weight excluding hydrogens is 222 g/mol. The van der Waals surface area contributed by atoms with Crippen molar-refractivity contribution in [2.75, 3.05) is 0 Å². The molecule has 3 N–H and O–H groups in total. The Morgan fingerprint density at radius 2 is 1.88 bits per heavy atom. The second kappa shape index (κ2) is 4.29. The topological polar surface area (TPSA) is 86.6 Å². The molecule has 5 nitrogen and oxygen atoms in total. The van der Waals surface area contributed by atoms with Gasteiger partial charge in [0.15, 0.2) is 0 Å². The van der Waals surface area contributed by atoms with Crippen molar-refractivity contribution < 1.29 is 19.8 Å². The largest absolute Gasteiger partial charge is 0.480 e. The Morgan fingerprint density at radius 3 is 2.29 bits per heavy atom. The van der Waals surface area contributed by atoms with Gasteiger partial charge < -0.3 is 15.5 Å². The van der Waals surface area contributed by atoms with E-state index in [4.69, 9.17) is 0 Å². The summed E-state index contributed by atoms with van der Waals surface area (Å²) in [6, 6.07) is 0.139. The summed E-state index contributed by atoms with van der Waals surface area (Å²) in [6.45, 7) is 1.44. The number of carbonyl (C=O) groups excluding carboxylic acids is 1. The first-order valence-corrected chi connectivity index (χ1v) is 6.18. The van der Waals surface area contributed by atoms with Gasteiger partial charge in [0.1, 0.15) is 5.41 Å². The average Bonchev–Trinajstić information content (AvgIpc) is 2.97. The zero-order valence-electron chi connectivity index (χ0n) is 9.98. The number of hydrogen-bond acceptors (Lipinski definition) is 3. The molecule has 3 atom stereocenters. The monoisotopic (exact) mass is 241 g/mol. The molecule has 0 bridgehead atoms. The van der Waals surface area contributed by atoms with Crippen LogP contribution >= 0.6 is 0 Å². The number of amides is 1. The Kier molecular flexibility index (Phi) is 3.12. The third-order valence-corrected chi connectivity index (χ3v) is 4.05. The van der Waals surface area contributed by atoms with Crippen LogP contribution in [0, 0.1) is 11.3 Å². The molecule has 0 aromatic carbocycles. The number of aliphatic hydroxyl groups excluding tert-OH is 1. The van der Waals surface area contributed by atoms with E-state index >= 15 is 0 Å². The lowest BCUT2D eigenvalue weighted by Gasteiger charge is -2.32.